The van der Waals surface area contributed by atoms with Crippen LogP contribution in [0.2, 0.25) is 0 Å². The Bertz CT molecular complexity index is 913. The first kappa shape index (κ1) is 22.2. The summed E-state index contributed by atoms with van der Waals surface area (Å²) in [5.41, 5.74) is 5.87. The highest BCUT2D eigenvalue weighted by Crippen LogP contribution is 2.29. The number of piperazine rings is 1. The maximum absolute atomic E-state index is 6.09. The van der Waals surface area contributed by atoms with Crippen LogP contribution in [0.5, 0.6) is 5.75 Å². The normalized spacial score (nSPS) is 16.7. The second-order valence-electron chi connectivity index (χ2n) is 7.65. The summed E-state index contributed by atoms with van der Waals surface area (Å²) in [5.74, 6) is 0.962. The quantitative estimate of drug-likeness (QED) is 0.641. The number of aryl methyl sites for hydroxylation is 2. The maximum atomic E-state index is 6.09. The molecule has 5 nitrogen and oxygen atoms in total. The molecule has 30 heavy (non-hydrogen) atoms. The summed E-state index contributed by atoms with van der Waals surface area (Å²) in [5, 5.41) is 3.52. The molecule has 3 aromatic rings. The summed E-state index contributed by atoms with van der Waals surface area (Å²) in [6.07, 6.45) is 5.61. The first-order valence-electron chi connectivity index (χ1n) is 10.2. The summed E-state index contributed by atoms with van der Waals surface area (Å²) in [6, 6.07) is 14.9. The third-order valence-corrected chi connectivity index (χ3v) is 5.42. The summed E-state index contributed by atoms with van der Waals surface area (Å²) in [7, 11) is 0. The maximum Gasteiger partial charge on any atom is 0.130 e. The van der Waals surface area contributed by atoms with E-state index in [9.17, 15) is 0 Å². The molecule has 0 saturated carbocycles. The van der Waals surface area contributed by atoms with E-state index in [2.05, 4.69) is 52.2 Å². The number of nitrogens with one attached hydrogen (secondary N) is 1. The second kappa shape index (κ2) is 10.5. The zero-order valence-corrected chi connectivity index (χ0v) is 18.4. The lowest BCUT2D eigenvalue weighted by Gasteiger charge is -2.36. The van der Waals surface area contributed by atoms with E-state index in [0.29, 0.717) is 12.6 Å². The molecular weight excluding hydrogens is 396 g/mol. The molecule has 1 fully saturated rings. The van der Waals surface area contributed by atoms with E-state index in [0.717, 1.165) is 37.6 Å². The third-order valence-electron chi connectivity index (χ3n) is 5.42. The van der Waals surface area contributed by atoms with Crippen molar-refractivity contribution in [2.24, 2.45) is 0 Å². The molecule has 158 valence electrons. The molecule has 2 aromatic heterocycles. The number of hydrogen-bond acceptors (Lipinski definition) is 5. The van der Waals surface area contributed by atoms with Crippen molar-refractivity contribution in [2.45, 2.75) is 33.0 Å². The molecule has 1 saturated heterocycles. The molecule has 0 spiro atoms. The lowest BCUT2D eigenvalue weighted by molar-refractivity contribution is 0.153. The van der Waals surface area contributed by atoms with Crippen molar-refractivity contribution in [1.29, 1.82) is 0 Å². The minimum Gasteiger partial charge on any atom is -0.487 e. The van der Waals surface area contributed by atoms with Crippen molar-refractivity contribution in [3.8, 4) is 5.75 Å². The monoisotopic (exact) mass is 424 g/mol. The van der Waals surface area contributed by atoms with Crippen LogP contribution < -0.4 is 10.1 Å². The van der Waals surface area contributed by atoms with Gasteiger partial charge in [-0.15, -0.1) is 12.4 Å². The van der Waals surface area contributed by atoms with Gasteiger partial charge < -0.3 is 10.1 Å². The van der Waals surface area contributed by atoms with Gasteiger partial charge in [-0.3, -0.25) is 14.9 Å². The molecule has 4 rings (SSSR count). The van der Waals surface area contributed by atoms with Crippen LogP contribution in [-0.2, 0) is 13.2 Å². The Morgan fingerprint density at radius 1 is 1.10 bits per heavy atom. The molecule has 0 bridgehead atoms. The number of halogens is 1. The molecule has 1 aromatic carbocycles. The Hall–Kier alpha value is -2.47. The van der Waals surface area contributed by atoms with E-state index in [4.69, 9.17) is 4.74 Å². The van der Waals surface area contributed by atoms with Crippen LogP contribution in [0.3, 0.4) is 0 Å². The number of pyridine rings is 2. The van der Waals surface area contributed by atoms with Gasteiger partial charge in [0.15, 0.2) is 0 Å². The molecule has 0 aliphatic carbocycles. The molecule has 1 aliphatic rings. The Morgan fingerprint density at radius 3 is 2.63 bits per heavy atom. The van der Waals surface area contributed by atoms with E-state index in [-0.39, 0.29) is 12.4 Å². The largest absolute Gasteiger partial charge is 0.487 e. The smallest absolute Gasteiger partial charge is 0.130 e. The average molecular weight is 425 g/mol. The van der Waals surface area contributed by atoms with Gasteiger partial charge >= 0.3 is 0 Å². The van der Waals surface area contributed by atoms with Crippen LogP contribution in [-0.4, -0.2) is 34.5 Å². The predicted molar refractivity (Wildman–Crippen MR) is 122 cm³/mol. The van der Waals surface area contributed by atoms with Gasteiger partial charge in [0.1, 0.15) is 12.4 Å². The van der Waals surface area contributed by atoms with Crippen LogP contribution in [0.25, 0.3) is 0 Å². The van der Waals surface area contributed by atoms with Crippen LogP contribution >= 0.6 is 12.4 Å². The first-order chi connectivity index (χ1) is 14.2. The van der Waals surface area contributed by atoms with Gasteiger partial charge in [-0.05, 0) is 54.3 Å². The number of benzene rings is 1. The van der Waals surface area contributed by atoms with Gasteiger partial charge in [-0.1, -0.05) is 24.3 Å². The highest BCUT2D eigenvalue weighted by Gasteiger charge is 2.24. The zero-order chi connectivity index (χ0) is 20.1. The molecular formula is C24H29ClN4O. The number of hydrogen-bond donors (Lipinski definition) is 1. The Kier molecular flexibility index (Phi) is 7.80. The Balaban J connectivity index is 0.00000256. The van der Waals surface area contributed by atoms with E-state index < -0.39 is 0 Å². The van der Waals surface area contributed by atoms with Crippen molar-refractivity contribution >= 4 is 12.4 Å². The van der Waals surface area contributed by atoms with E-state index >= 15 is 0 Å². The molecule has 1 unspecified atom stereocenters. The fourth-order valence-electron chi connectivity index (χ4n) is 4.06. The van der Waals surface area contributed by atoms with Gasteiger partial charge in [0.25, 0.3) is 0 Å². The van der Waals surface area contributed by atoms with Gasteiger partial charge in [-0.2, -0.15) is 0 Å². The second-order valence-corrected chi connectivity index (χ2v) is 7.65. The lowest BCUT2D eigenvalue weighted by Crippen LogP contribution is -2.45. The van der Waals surface area contributed by atoms with Crippen molar-refractivity contribution < 1.29 is 4.74 Å². The highest BCUT2D eigenvalue weighted by molar-refractivity contribution is 5.85. The van der Waals surface area contributed by atoms with E-state index in [1.54, 1.807) is 6.20 Å². The van der Waals surface area contributed by atoms with Gasteiger partial charge in [0.05, 0.1) is 5.69 Å². The van der Waals surface area contributed by atoms with E-state index in [1.807, 2.05) is 36.7 Å². The predicted octanol–water partition coefficient (Wildman–Crippen LogP) is 4.24. The molecule has 1 aliphatic heterocycles. The number of aromatic nitrogens is 2. The minimum absolute atomic E-state index is 0. The summed E-state index contributed by atoms with van der Waals surface area (Å²) in [4.78, 5) is 11.2. The molecule has 1 atom stereocenters. The zero-order valence-electron chi connectivity index (χ0n) is 17.5. The number of ether oxygens (including phenoxy) is 1. The number of nitrogens with zero attached hydrogens (tertiary/aromatic N) is 3. The van der Waals surface area contributed by atoms with Gasteiger partial charge in [0.2, 0.25) is 0 Å². The van der Waals surface area contributed by atoms with Crippen LogP contribution in [0.4, 0.5) is 0 Å². The molecule has 0 radical (unpaired) electrons. The molecule has 0 amide bonds. The fourth-order valence-corrected chi connectivity index (χ4v) is 4.06. The number of rotatable bonds is 6. The van der Waals surface area contributed by atoms with E-state index in [1.165, 1.54) is 22.3 Å². The summed E-state index contributed by atoms with van der Waals surface area (Å²) >= 11 is 0. The highest BCUT2D eigenvalue weighted by atomic mass is 35.5. The van der Waals surface area contributed by atoms with Crippen molar-refractivity contribution in [3.05, 3.63) is 89.0 Å². The lowest BCUT2D eigenvalue weighted by atomic mass is 10.0. The summed E-state index contributed by atoms with van der Waals surface area (Å²) < 4.78 is 6.09. The topological polar surface area (TPSA) is 50.3 Å². The fraction of sp³-hybridized carbons (Fsp3) is 0.333. The van der Waals surface area contributed by atoms with Crippen molar-refractivity contribution in [1.82, 2.24) is 20.2 Å². The Labute approximate surface area is 184 Å². The van der Waals surface area contributed by atoms with Gasteiger partial charge in [-0.25, -0.2) is 0 Å². The third kappa shape index (κ3) is 5.36. The standard InChI is InChI=1S/C24H28N4O.ClH/c1-18-12-20(13-19(2)24(18)29-17-22-7-3-4-9-27-22)16-28-11-10-26-15-23(28)21-6-5-8-25-14-21;/h3-9,12-14,23,26H,10-11,15-17H2,1-2H3;1H. The molecule has 3 heterocycles. The molecule has 1 N–H and O–H groups in total. The van der Waals surface area contributed by atoms with Crippen LogP contribution in [0.1, 0.15) is 34.0 Å². The van der Waals surface area contributed by atoms with Crippen LogP contribution in [0.15, 0.2) is 61.1 Å². The van der Waals surface area contributed by atoms with Crippen LogP contribution in [0, 0.1) is 13.8 Å². The SMILES string of the molecule is Cc1cc(CN2CCNCC2c2cccnc2)cc(C)c1OCc1ccccn1.Cl. The first-order valence-corrected chi connectivity index (χ1v) is 10.2. The van der Waals surface area contributed by atoms with Crippen molar-refractivity contribution in [3.63, 3.8) is 0 Å². The minimum atomic E-state index is 0. The van der Waals surface area contributed by atoms with Crippen molar-refractivity contribution in [2.75, 3.05) is 19.6 Å². The van der Waals surface area contributed by atoms with Gasteiger partial charge in [0, 0.05) is 50.8 Å². The summed E-state index contributed by atoms with van der Waals surface area (Å²) in [6.45, 7) is 8.65. The average Bonchev–Trinajstić information content (AvgIpc) is 2.75. The molecule has 6 heteroatoms. The Morgan fingerprint density at radius 2 is 1.93 bits per heavy atom.